The third-order valence-electron chi connectivity index (χ3n) is 5.64. The average molecular weight is 286 g/mol. The minimum Gasteiger partial charge on any atom is -0.368 e. The number of aryl methyl sites for hydroxylation is 1. The van der Waals surface area contributed by atoms with Crippen LogP contribution in [-0.4, -0.2) is 26.2 Å². The van der Waals surface area contributed by atoms with Gasteiger partial charge in [0.2, 0.25) is 0 Å². The summed E-state index contributed by atoms with van der Waals surface area (Å²) in [5.41, 5.74) is 3.52. The van der Waals surface area contributed by atoms with Gasteiger partial charge in [0.05, 0.1) is 0 Å². The van der Waals surface area contributed by atoms with Crippen molar-refractivity contribution in [3.8, 4) is 0 Å². The molecule has 1 fully saturated rings. The van der Waals surface area contributed by atoms with Crippen molar-refractivity contribution in [1.82, 2.24) is 5.32 Å². The lowest BCUT2D eigenvalue weighted by molar-refractivity contribution is 0.186. The predicted octanol–water partition coefficient (Wildman–Crippen LogP) is 4.00. The maximum absolute atomic E-state index is 3.48. The molecule has 1 N–H and O–H groups in total. The quantitative estimate of drug-likeness (QED) is 0.900. The summed E-state index contributed by atoms with van der Waals surface area (Å²) in [6, 6.07) is 9.73. The van der Waals surface area contributed by atoms with Crippen molar-refractivity contribution in [3.63, 3.8) is 0 Å². The van der Waals surface area contributed by atoms with E-state index < -0.39 is 0 Å². The predicted molar refractivity (Wildman–Crippen MR) is 91.0 cm³/mol. The smallest absolute Gasteiger partial charge is 0.0401 e. The molecule has 0 amide bonds. The molecule has 0 aromatic heterocycles. The van der Waals surface area contributed by atoms with Crippen LogP contribution in [0.4, 0.5) is 5.69 Å². The van der Waals surface area contributed by atoms with Crippen LogP contribution in [0.1, 0.15) is 51.0 Å². The number of para-hydroxylation sites is 1. The number of nitrogens with one attached hydrogen (secondary N) is 1. The van der Waals surface area contributed by atoms with Crippen LogP contribution in [0.5, 0.6) is 0 Å². The highest BCUT2D eigenvalue weighted by atomic mass is 15.2. The van der Waals surface area contributed by atoms with Crippen LogP contribution in [0.25, 0.3) is 0 Å². The molecule has 116 valence electrons. The first kappa shape index (κ1) is 14.9. The number of fused-ring (bicyclic) bond motifs is 1. The fraction of sp³-hybridized carbons (Fsp3) is 0.684. The minimum atomic E-state index is 0.478. The Morgan fingerprint density at radius 3 is 2.71 bits per heavy atom. The molecule has 0 radical (unpaired) electrons. The van der Waals surface area contributed by atoms with Crippen molar-refractivity contribution in [2.75, 3.05) is 25.0 Å². The third-order valence-corrected chi connectivity index (χ3v) is 5.64. The van der Waals surface area contributed by atoms with Crippen LogP contribution in [-0.2, 0) is 6.42 Å². The maximum Gasteiger partial charge on any atom is 0.0401 e. The highest BCUT2D eigenvalue weighted by Crippen LogP contribution is 2.40. The SMILES string of the molecule is CNCC1(CN2c3ccccc3CCC2C)CCCCC1. The van der Waals surface area contributed by atoms with Gasteiger partial charge < -0.3 is 10.2 Å². The number of hydrogen-bond donors (Lipinski definition) is 1. The molecule has 1 aromatic rings. The Bertz CT molecular complexity index is 457. The lowest BCUT2D eigenvalue weighted by atomic mass is 9.73. The Labute approximate surface area is 129 Å². The van der Waals surface area contributed by atoms with E-state index in [1.54, 1.807) is 5.56 Å². The highest BCUT2D eigenvalue weighted by Gasteiger charge is 2.36. The average Bonchev–Trinajstić information content (AvgIpc) is 2.51. The first-order chi connectivity index (χ1) is 10.2. The van der Waals surface area contributed by atoms with Crippen molar-refractivity contribution >= 4 is 5.69 Å². The standard InChI is InChI=1S/C19H30N2/c1-16-10-11-17-8-4-5-9-18(17)21(16)15-19(14-20-2)12-6-3-7-13-19/h4-5,8-9,16,20H,3,6-7,10-15H2,1-2H3. The fourth-order valence-electron chi connectivity index (χ4n) is 4.43. The van der Waals surface area contributed by atoms with Gasteiger partial charge in [-0.05, 0) is 51.3 Å². The lowest BCUT2D eigenvalue weighted by Gasteiger charge is -2.46. The summed E-state index contributed by atoms with van der Waals surface area (Å²) >= 11 is 0. The number of nitrogens with zero attached hydrogens (tertiary/aromatic N) is 1. The van der Waals surface area contributed by atoms with Gasteiger partial charge in [0, 0.05) is 30.2 Å². The number of hydrogen-bond acceptors (Lipinski definition) is 2. The monoisotopic (exact) mass is 286 g/mol. The summed E-state index contributed by atoms with van der Waals surface area (Å²) in [5, 5.41) is 3.48. The van der Waals surface area contributed by atoms with Crippen molar-refractivity contribution in [1.29, 1.82) is 0 Å². The Kier molecular flexibility index (Phi) is 4.54. The van der Waals surface area contributed by atoms with Gasteiger partial charge in [0.1, 0.15) is 0 Å². The molecule has 0 bridgehead atoms. The largest absolute Gasteiger partial charge is 0.368 e. The topological polar surface area (TPSA) is 15.3 Å². The molecule has 2 aliphatic rings. The first-order valence-corrected chi connectivity index (χ1v) is 8.73. The molecule has 0 spiro atoms. The van der Waals surface area contributed by atoms with Gasteiger partial charge in [-0.15, -0.1) is 0 Å². The molecular formula is C19H30N2. The van der Waals surface area contributed by atoms with Gasteiger partial charge in [0.25, 0.3) is 0 Å². The van der Waals surface area contributed by atoms with E-state index in [1.807, 2.05) is 0 Å². The molecule has 2 nitrogen and oxygen atoms in total. The molecule has 3 rings (SSSR count). The van der Waals surface area contributed by atoms with E-state index in [0.717, 1.165) is 0 Å². The van der Waals surface area contributed by atoms with Crippen LogP contribution >= 0.6 is 0 Å². The molecular weight excluding hydrogens is 256 g/mol. The molecule has 1 aliphatic heterocycles. The van der Waals surface area contributed by atoms with Crippen molar-refractivity contribution in [2.24, 2.45) is 5.41 Å². The molecule has 21 heavy (non-hydrogen) atoms. The zero-order valence-electron chi connectivity index (χ0n) is 13.7. The maximum atomic E-state index is 3.48. The van der Waals surface area contributed by atoms with Gasteiger partial charge in [-0.25, -0.2) is 0 Å². The van der Waals surface area contributed by atoms with E-state index in [9.17, 15) is 0 Å². The molecule has 1 atom stereocenters. The third kappa shape index (κ3) is 3.11. The summed E-state index contributed by atoms with van der Waals surface area (Å²) in [4.78, 5) is 2.71. The Morgan fingerprint density at radius 1 is 1.19 bits per heavy atom. The van der Waals surface area contributed by atoms with Gasteiger partial charge in [0.15, 0.2) is 0 Å². The van der Waals surface area contributed by atoms with Crippen LogP contribution in [0.3, 0.4) is 0 Å². The highest BCUT2D eigenvalue weighted by molar-refractivity contribution is 5.56. The molecule has 1 aliphatic carbocycles. The van der Waals surface area contributed by atoms with E-state index in [-0.39, 0.29) is 0 Å². The van der Waals surface area contributed by atoms with Gasteiger partial charge >= 0.3 is 0 Å². The van der Waals surface area contributed by atoms with E-state index >= 15 is 0 Å². The number of anilines is 1. The first-order valence-electron chi connectivity index (χ1n) is 8.73. The van der Waals surface area contributed by atoms with Crippen molar-refractivity contribution < 1.29 is 0 Å². The van der Waals surface area contributed by atoms with Gasteiger partial charge in [-0.3, -0.25) is 0 Å². The summed E-state index contributed by atoms with van der Waals surface area (Å²) in [7, 11) is 2.12. The van der Waals surface area contributed by atoms with Crippen molar-refractivity contribution in [3.05, 3.63) is 29.8 Å². The van der Waals surface area contributed by atoms with E-state index in [2.05, 4.69) is 48.5 Å². The minimum absolute atomic E-state index is 0.478. The summed E-state index contributed by atoms with van der Waals surface area (Å²) in [5.74, 6) is 0. The van der Waals surface area contributed by atoms with Crippen molar-refractivity contribution in [2.45, 2.75) is 57.9 Å². The van der Waals surface area contributed by atoms with Crippen LogP contribution in [0.15, 0.2) is 24.3 Å². The van der Waals surface area contributed by atoms with E-state index in [4.69, 9.17) is 0 Å². The second-order valence-corrected chi connectivity index (χ2v) is 7.24. The van der Waals surface area contributed by atoms with E-state index in [1.165, 1.54) is 63.7 Å². The zero-order valence-corrected chi connectivity index (χ0v) is 13.7. The Hall–Kier alpha value is -1.02. The summed E-state index contributed by atoms with van der Waals surface area (Å²) < 4.78 is 0. The molecule has 1 aromatic carbocycles. The van der Waals surface area contributed by atoms with Gasteiger partial charge in [-0.1, -0.05) is 37.5 Å². The van der Waals surface area contributed by atoms with E-state index in [0.29, 0.717) is 11.5 Å². The number of benzene rings is 1. The van der Waals surface area contributed by atoms with Crippen LogP contribution in [0, 0.1) is 5.41 Å². The Balaban J connectivity index is 1.84. The molecule has 1 unspecified atom stereocenters. The second kappa shape index (κ2) is 6.39. The van der Waals surface area contributed by atoms with Crippen LogP contribution in [0.2, 0.25) is 0 Å². The molecule has 1 saturated carbocycles. The molecule has 1 heterocycles. The number of rotatable bonds is 4. The summed E-state index contributed by atoms with van der Waals surface area (Å²) in [6.07, 6.45) is 9.56. The fourth-order valence-corrected chi connectivity index (χ4v) is 4.43. The zero-order chi connectivity index (χ0) is 14.7. The lowest BCUT2D eigenvalue weighted by Crippen LogP contribution is -2.49. The van der Waals surface area contributed by atoms with Crippen LogP contribution < -0.4 is 10.2 Å². The second-order valence-electron chi connectivity index (χ2n) is 7.24. The van der Waals surface area contributed by atoms with Gasteiger partial charge in [-0.2, -0.15) is 0 Å². The summed E-state index contributed by atoms with van der Waals surface area (Å²) in [6.45, 7) is 4.80. The normalized spacial score (nSPS) is 24.7. The Morgan fingerprint density at radius 2 is 1.95 bits per heavy atom. The molecule has 0 saturated heterocycles. The molecule has 2 heteroatoms.